The number of carbonyl (C=O) groups excluding carboxylic acids is 2. The average molecular weight is 598 g/mol. The minimum absolute atomic E-state index is 0.0380. The molecule has 0 spiro atoms. The first-order chi connectivity index (χ1) is 20.0. The molecule has 0 aliphatic heterocycles. The molecule has 0 aliphatic rings. The maximum Gasteiger partial charge on any atom is 0.264 e. The number of hydrogen-bond acceptors (Lipinski definition) is 7. The van der Waals surface area contributed by atoms with E-state index < -0.39 is 28.5 Å². The monoisotopic (exact) mass is 597 g/mol. The van der Waals surface area contributed by atoms with Crippen molar-refractivity contribution in [2.75, 3.05) is 32.2 Å². The zero-order valence-electron chi connectivity index (χ0n) is 24.9. The summed E-state index contributed by atoms with van der Waals surface area (Å²) in [6.07, 6.45) is 0.712. The van der Waals surface area contributed by atoms with Crippen molar-refractivity contribution >= 4 is 27.5 Å². The molecule has 0 heterocycles. The van der Waals surface area contributed by atoms with Gasteiger partial charge in [-0.1, -0.05) is 31.2 Å². The Balaban J connectivity index is 2.07. The first-order valence-corrected chi connectivity index (χ1v) is 15.0. The third kappa shape index (κ3) is 7.73. The van der Waals surface area contributed by atoms with Crippen LogP contribution in [0.2, 0.25) is 0 Å². The first-order valence-electron chi connectivity index (χ1n) is 13.6. The normalized spacial score (nSPS) is 12.5. The van der Waals surface area contributed by atoms with Crippen LogP contribution >= 0.6 is 0 Å². The van der Waals surface area contributed by atoms with Crippen LogP contribution in [0.3, 0.4) is 0 Å². The van der Waals surface area contributed by atoms with E-state index in [4.69, 9.17) is 14.2 Å². The molecule has 2 atom stereocenters. The molecule has 11 heteroatoms. The highest BCUT2D eigenvalue weighted by Crippen LogP contribution is 2.33. The maximum atomic E-state index is 14.1. The lowest BCUT2D eigenvalue weighted by atomic mass is 10.1. The number of amides is 2. The quantitative estimate of drug-likeness (QED) is 0.296. The second-order valence-corrected chi connectivity index (χ2v) is 11.6. The Labute approximate surface area is 248 Å². The van der Waals surface area contributed by atoms with Crippen molar-refractivity contribution in [3.63, 3.8) is 0 Å². The predicted molar refractivity (Wildman–Crippen MR) is 161 cm³/mol. The molecule has 0 saturated carbocycles. The van der Waals surface area contributed by atoms with Gasteiger partial charge in [0.05, 0.1) is 31.9 Å². The zero-order chi connectivity index (χ0) is 30.9. The fraction of sp³-hybridized carbons (Fsp3) is 0.355. The maximum absolute atomic E-state index is 14.1. The van der Waals surface area contributed by atoms with Gasteiger partial charge in [-0.15, -0.1) is 0 Å². The fourth-order valence-corrected chi connectivity index (χ4v) is 5.66. The molecule has 0 aliphatic carbocycles. The highest BCUT2D eigenvalue weighted by Gasteiger charge is 2.34. The van der Waals surface area contributed by atoms with Crippen molar-refractivity contribution in [1.29, 1.82) is 0 Å². The minimum Gasteiger partial charge on any atom is -0.497 e. The summed E-state index contributed by atoms with van der Waals surface area (Å²) in [5, 5.41) is 2.92. The van der Waals surface area contributed by atoms with Crippen molar-refractivity contribution in [2.45, 2.75) is 50.7 Å². The van der Waals surface area contributed by atoms with Gasteiger partial charge in [0.15, 0.2) is 0 Å². The third-order valence-corrected chi connectivity index (χ3v) is 8.71. The molecule has 0 aromatic heterocycles. The minimum atomic E-state index is -4.26. The molecule has 10 nitrogen and oxygen atoms in total. The van der Waals surface area contributed by atoms with Gasteiger partial charge in [0.1, 0.15) is 29.8 Å². The number of nitrogens with zero attached hydrogens (tertiary/aromatic N) is 2. The van der Waals surface area contributed by atoms with Crippen LogP contribution in [0.25, 0.3) is 0 Å². The summed E-state index contributed by atoms with van der Waals surface area (Å²) in [7, 11) is 0.189. The molecule has 0 fully saturated rings. The van der Waals surface area contributed by atoms with E-state index >= 15 is 0 Å². The SMILES string of the molecule is CC[C@@H](C)NC(=O)[C@H](C)N(Cc1cccc(OC)c1)C(=O)CN(c1ccccc1OC)S(=O)(=O)c1ccc(OC)cc1. The predicted octanol–water partition coefficient (Wildman–Crippen LogP) is 4.24. The van der Waals surface area contributed by atoms with Crippen molar-refractivity contribution < 1.29 is 32.2 Å². The summed E-state index contributed by atoms with van der Waals surface area (Å²) in [5.74, 6) is 0.424. The Morgan fingerprint density at radius 2 is 1.52 bits per heavy atom. The molecular weight excluding hydrogens is 558 g/mol. The summed E-state index contributed by atoms with van der Waals surface area (Å²) in [5.41, 5.74) is 0.898. The van der Waals surface area contributed by atoms with E-state index in [-0.39, 0.29) is 34.8 Å². The molecule has 3 aromatic rings. The van der Waals surface area contributed by atoms with Gasteiger partial charge >= 0.3 is 0 Å². The topological polar surface area (TPSA) is 114 Å². The highest BCUT2D eigenvalue weighted by molar-refractivity contribution is 7.92. The lowest BCUT2D eigenvalue weighted by molar-refractivity contribution is -0.139. The number of anilines is 1. The molecule has 3 aromatic carbocycles. The Hall–Kier alpha value is -4.25. The van der Waals surface area contributed by atoms with Crippen molar-refractivity contribution in [2.24, 2.45) is 0 Å². The number of methoxy groups -OCH3 is 3. The fourth-order valence-electron chi connectivity index (χ4n) is 4.24. The number of sulfonamides is 1. The number of ether oxygens (including phenoxy) is 3. The Morgan fingerprint density at radius 3 is 2.14 bits per heavy atom. The number of para-hydroxylation sites is 2. The summed E-state index contributed by atoms with van der Waals surface area (Å²) >= 11 is 0. The van der Waals surface area contributed by atoms with E-state index in [9.17, 15) is 18.0 Å². The number of hydrogen-bond donors (Lipinski definition) is 1. The lowest BCUT2D eigenvalue weighted by Crippen LogP contribution is -2.52. The summed E-state index contributed by atoms with van der Waals surface area (Å²) in [6, 6.07) is 18.6. The van der Waals surface area contributed by atoms with Gasteiger partial charge in [0.25, 0.3) is 10.0 Å². The standard InChI is InChI=1S/C31H39N3O7S/c1-7-22(2)32-31(36)23(3)33(20-24-11-10-12-26(19-24)40-5)30(35)21-34(28-13-8-9-14-29(28)41-6)42(37,38)27-17-15-25(39-4)16-18-27/h8-19,22-23H,7,20-21H2,1-6H3,(H,32,36)/t22-,23+/m1/s1. The highest BCUT2D eigenvalue weighted by atomic mass is 32.2. The lowest BCUT2D eigenvalue weighted by Gasteiger charge is -2.32. The van der Waals surface area contributed by atoms with Crippen LogP contribution in [-0.2, 0) is 26.2 Å². The van der Waals surface area contributed by atoms with Crippen LogP contribution in [0, 0.1) is 0 Å². The largest absolute Gasteiger partial charge is 0.497 e. The summed E-state index contributed by atoms with van der Waals surface area (Å²) in [6.45, 7) is 4.92. The first kappa shape index (κ1) is 32.3. The average Bonchev–Trinajstić information content (AvgIpc) is 3.01. The number of rotatable bonds is 14. The van der Waals surface area contributed by atoms with Crippen molar-refractivity contribution in [1.82, 2.24) is 10.2 Å². The molecule has 3 rings (SSSR count). The van der Waals surface area contributed by atoms with Crippen LogP contribution in [0.5, 0.6) is 17.2 Å². The van der Waals surface area contributed by atoms with Crippen molar-refractivity contribution in [3.05, 3.63) is 78.4 Å². The molecule has 226 valence electrons. The van der Waals surface area contributed by atoms with E-state index in [0.717, 1.165) is 4.31 Å². The van der Waals surface area contributed by atoms with Crippen LogP contribution in [-0.4, -0.2) is 65.1 Å². The molecule has 0 unspecified atom stereocenters. The van der Waals surface area contributed by atoms with E-state index in [1.165, 1.54) is 43.4 Å². The molecule has 0 radical (unpaired) electrons. The number of nitrogens with one attached hydrogen (secondary N) is 1. The van der Waals surface area contributed by atoms with Gasteiger partial charge in [-0.3, -0.25) is 13.9 Å². The van der Waals surface area contributed by atoms with Crippen LogP contribution < -0.4 is 23.8 Å². The van der Waals surface area contributed by atoms with E-state index in [1.54, 1.807) is 56.5 Å². The second kappa shape index (κ2) is 14.6. The summed E-state index contributed by atoms with van der Waals surface area (Å²) < 4.78 is 45.1. The van der Waals surface area contributed by atoms with Gasteiger partial charge < -0.3 is 24.4 Å². The molecule has 1 N–H and O–H groups in total. The van der Waals surface area contributed by atoms with Gasteiger partial charge in [0, 0.05) is 12.6 Å². The smallest absolute Gasteiger partial charge is 0.264 e. The second-order valence-electron chi connectivity index (χ2n) is 9.73. The van der Waals surface area contributed by atoms with Gasteiger partial charge in [-0.05, 0) is 74.4 Å². The molecule has 0 saturated heterocycles. The summed E-state index contributed by atoms with van der Waals surface area (Å²) in [4.78, 5) is 28.7. The number of benzene rings is 3. The third-order valence-electron chi connectivity index (χ3n) is 6.94. The molecule has 2 amide bonds. The Bertz CT molecular complexity index is 1460. The van der Waals surface area contributed by atoms with Crippen LogP contribution in [0.4, 0.5) is 5.69 Å². The molecule has 0 bridgehead atoms. The van der Waals surface area contributed by atoms with E-state index in [2.05, 4.69) is 5.32 Å². The van der Waals surface area contributed by atoms with Crippen LogP contribution in [0.15, 0.2) is 77.7 Å². The number of carbonyl (C=O) groups is 2. The van der Waals surface area contributed by atoms with E-state index in [0.29, 0.717) is 23.5 Å². The van der Waals surface area contributed by atoms with Gasteiger partial charge in [-0.25, -0.2) is 8.42 Å². The van der Waals surface area contributed by atoms with Crippen molar-refractivity contribution in [3.8, 4) is 17.2 Å². The van der Waals surface area contributed by atoms with E-state index in [1.807, 2.05) is 19.9 Å². The van der Waals surface area contributed by atoms with Gasteiger partial charge in [0.2, 0.25) is 11.8 Å². The molecular formula is C31H39N3O7S. The Morgan fingerprint density at radius 1 is 0.857 bits per heavy atom. The van der Waals surface area contributed by atoms with Gasteiger partial charge in [-0.2, -0.15) is 0 Å². The zero-order valence-corrected chi connectivity index (χ0v) is 25.7. The molecule has 42 heavy (non-hydrogen) atoms. The Kier molecular flexibility index (Phi) is 11.2. The van der Waals surface area contributed by atoms with Crippen LogP contribution in [0.1, 0.15) is 32.8 Å².